The first kappa shape index (κ1) is 23.4. The van der Waals surface area contributed by atoms with E-state index in [4.69, 9.17) is 18.9 Å². The minimum absolute atomic E-state index is 0.0484. The Labute approximate surface area is 177 Å². The van der Waals surface area contributed by atoms with Gasteiger partial charge < -0.3 is 18.9 Å². The first-order chi connectivity index (χ1) is 14.4. The van der Waals surface area contributed by atoms with E-state index >= 15 is 0 Å². The highest BCUT2D eigenvalue weighted by molar-refractivity contribution is 5.81. The second-order valence-corrected chi connectivity index (χ2v) is 7.58. The number of esters is 2. The number of unbranched alkanes of at least 4 members (excludes halogenated alkanes) is 1. The zero-order chi connectivity index (χ0) is 21.9. The fourth-order valence-electron chi connectivity index (χ4n) is 3.21. The molecular formula is C23H30O7. The molecule has 7 heteroatoms. The van der Waals surface area contributed by atoms with Crippen molar-refractivity contribution in [1.82, 2.24) is 0 Å². The minimum Gasteiger partial charge on any atom is -0.463 e. The van der Waals surface area contributed by atoms with E-state index in [1.54, 1.807) is 25.1 Å². The number of ether oxygens (including phenoxy) is 4. The maximum absolute atomic E-state index is 12.3. The van der Waals surface area contributed by atoms with Crippen LogP contribution in [0.15, 0.2) is 30.9 Å². The first-order valence-corrected chi connectivity index (χ1v) is 10.3. The van der Waals surface area contributed by atoms with Crippen LogP contribution < -0.4 is 9.47 Å². The Kier molecular flexibility index (Phi) is 9.38. The predicted molar refractivity (Wildman–Crippen MR) is 110 cm³/mol. The van der Waals surface area contributed by atoms with Gasteiger partial charge in [0, 0.05) is 6.08 Å². The fourth-order valence-corrected chi connectivity index (χ4v) is 3.21. The number of carbonyl (C=O) groups is 3. The molecule has 0 bridgehead atoms. The van der Waals surface area contributed by atoms with Crippen LogP contribution in [-0.4, -0.2) is 31.3 Å². The van der Waals surface area contributed by atoms with Crippen LogP contribution in [0.2, 0.25) is 0 Å². The summed E-state index contributed by atoms with van der Waals surface area (Å²) in [5, 5.41) is 0. The average molecular weight is 418 g/mol. The second-order valence-electron chi connectivity index (χ2n) is 7.58. The molecule has 0 unspecified atom stereocenters. The van der Waals surface area contributed by atoms with Gasteiger partial charge in [0.25, 0.3) is 0 Å². The summed E-state index contributed by atoms with van der Waals surface area (Å²) in [4.78, 5) is 35.0. The van der Waals surface area contributed by atoms with E-state index in [2.05, 4.69) is 13.5 Å². The molecule has 0 amide bonds. The number of hydrogen-bond donors (Lipinski definition) is 0. The SMILES string of the molecule is C=CC(=O)OCCCCOC(=O)Oc1ccc(OC(=O)C2CCC(C)CC2)cc1C. The number of rotatable bonds is 9. The van der Waals surface area contributed by atoms with Crippen LogP contribution in [0.25, 0.3) is 0 Å². The summed E-state index contributed by atoms with van der Waals surface area (Å²) in [5.74, 6) is 0.716. The Morgan fingerprint density at radius 3 is 2.33 bits per heavy atom. The van der Waals surface area contributed by atoms with E-state index in [0.29, 0.717) is 35.8 Å². The van der Waals surface area contributed by atoms with Crippen molar-refractivity contribution in [2.45, 2.75) is 52.4 Å². The van der Waals surface area contributed by atoms with Gasteiger partial charge in [-0.15, -0.1) is 0 Å². The van der Waals surface area contributed by atoms with Crippen molar-refractivity contribution in [3.05, 3.63) is 36.4 Å². The molecule has 0 atom stereocenters. The summed E-state index contributed by atoms with van der Waals surface area (Å²) in [7, 11) is 0. The molecular weight excluding hydrogens is 388 g/mol. The van der Waals surface area contributed by atoms with Crippen LogP contribution in [0.4, 0.5) is 4.79 Å². The largest absolute Gasteiger partial charge is 0.513 e. The van der Waals surface area contributed by atoms with Crippen molar-refractivity contribution in [2.24, 2.45) is 11.8 Å². The molecule has 2 rings (SSSR count). The fraction of sp³-hybridized carbons (Fsp3) is 0.522. The van der Waals surface area contributed by atoms with Crippen molar-refractivity contribution in [3.8, 4) is 11.5 Å². The van der Waals surface area contributed by atoms with Gasteiger partial charge in [0.15, 0.2) is 0 Å². The molecule has 1 aromatic rings. The summed E-state index contributed by atoms with van der Waals surface area (Å²) in [5.41, 5.74) is 0.658. The molecule has 1 aliphatic carbocycles. The highest BCUT2D eigenvalue weighted by Gasteiger charge is 2.26. The normalized spacial score (nSPS) is 18.2. The number of aryl methyl sites for hydroxylation is 1. The molecule has 7 nitrogen and oxygen atoms in total. The molecule has 0 radical (unpaired) electrons. The van der Waals surface area contributed by atoms with Crippen molar-refractivity contribution in [3.63, 3.8) is 0 Å². The van der Waals surface area contributed by atoms with Crippen molar-refractivity contribution in [1.29, 1.82) is 0 Å². The molecule has 1 aromatic carbocycles. The number of carbonyl (C=O) groups excluding carboxylic acids is 3. The molecule has 164 valence electrons. The molecule has 0 N–H and O–H groups in total. The number of hydrogen-bond acceptors (Lipinski definition) is 7. The molecule has 0 aliphatic heterocycles. The first-order valence-electron chi connectivity index (χ1n) is 10.3. The Morgan fingerprint density at radius 1 is 1.03 bits per heavy atom. The Hall–Kier alpha value is -2.83. The molecule has 0 aromatic heterocycles. The van der Waals surface area contributed by atoms with Gasteiger partial charge in [0.1, 0.15) is 11.5 Å². The van der Waals surface area contributed by atoms with E-state index in [-0.39, 0.29) is 25.1 Å². The third-order valence-electron chi connectivity index (χ3n) is 5.08. The van der Waals surface area contributed by atoms with E-state index in [9.17, 15) is 14.4 Å². The van der Waals surface area contributed by atoms with Gasteiger partial charge in [-0.1, -0.05) is 13.5 Å². The van der Waals surface area contributed by atoms with Crippen LogP contribution in [-0.2, 0) is 19.1 Å². The summed E-state index contributed by atoms with van der Waals surface area (Å²) in [6, 6.07) is 4.85. The molecule has 1 aliphatic rings. The highest BCUT2D eigenvalue weighted by Crippen LogP contribution is 2.30. The smallest absolute Gasteiger partial charge is 0.463 e. The monoisotopic (exact) mass is 418 g/mol. The number of benzene rings is 1. The van der Waals surface area contributed by atoms with Crippen molar-refractivity contribution in [2.75, 3.05) is 13.2 Å². The molecule has 30 heavy (non-hydrogen) atoms. The minimum atomic E-state index is -0.817. The molecule has 1 saturated carbocycles. The third-order valence-corrected chi connectivity index (χ3v) is 5.08. The van der Waals surface area contributed by atoms with Gasteiger partial charge in [-0.3, -0.25) is 4.79 Å². The van der Waals surface area contributed by atoms with Gasteiger partial charge in [0.05, 0.1) is 19.1 Å². The molecule has 0 heterocycles. The highest BCUT2D eigenvalue weighted by atomic mass is 16.7. The van der Waals surface area contributed by atoms with Gasteiger partial charge in [0.2, 0.25) is 0 Å². The van der Waals surface area contributed by atoms with E-state index in [1.165, 1.54) is 0 Å². The maximum Gasteiger partial charge on any atom is 0.513 e. The van der Waals surface area contributed by atoms with Gasteiger partial charge >= 0.3 is 18.1 Å². The standard InChI is InChI=1S/C23H30O7/c1-4-21(24)27-13-5-6-14-28-23(26)30-20-12-11-19(15-17(20)3)29-22(25)18-9-7-16(2)8-10-18/h4,11-12,15-16,18H,1,5-10,13-14H2,2-3H3. The Morgan fingerprint density at radius 2 is 1.70 bits per heavy atom. The maximum atomic E-state index is 12.3. The van der Waals surface area contributed by atoms with Crippen LogP contribution in [0, 0.1) is 18.8 Å². The van der Waals surface area contributed by atoms with Gasteiger partial charge in [-0.2, -0.15) is 0 Å². The second kappa shape index (κ2) is 12.0. The zero-order valence-electron chi connectivity index (χ0n) is 17.7. The molecule has 1 fully saturated rings. The Bertz CT molecular complexity index is 748. The molecule has 0 spiro atoms. The zero-order valence-corrected chi connectivity index (χ0v) is 17.7. The van der Waals surface area contributed by atoms with Crippen LogP contribution in [0.1, 0.15) is 51.0 Å². The quantitative estimate of drug-likeness (QED) is 0.188. The van der Waals surface area contributed by atoms with Gasteiger partial charge in [-0.25, -0.2) is 9.59 Å². The summed E-state index contributed by atoms with van der Waals surface area (Å²) in [6.45, 7) is 7.66. The topological polar surface area (TPSA) is 88.1 Å². The third kappa shape index (κ3) is 7.89. The lowest BCUT2D eigenvalue weighted by atomic mass is 9.83. The molecule has 0 saturated heterocycles. The average Bonchev–Trinajstić information content (AvgIpc) is 2.72. The Balaban J connectivity index is 1.72. The van der Waals surface area contributed by atoms with Crippen LogP contribution in [0.3, 0.4) is 0 Å². The van der Waals surface area contributed by atoms with Crippen molar-refractivity contribution < 1.29 is 33.3 Å². The summed E-state index contributed by atoms with van der Waals surface area (Å²) in [6.07, 6.45) is 5.20. The van der Waals surface area contributed by atoms with Crippen LogP contribution >= 0.6 is 0 Å². The lowest BCUT2D eigenvalue weighted by Crippen LogP contribution is -2.25. The van der Waals surface area contributed by atoms with Crippen molar-refractivity contribution >= 4 is 18.1 Å². The van der Waals surface area contributed by atoms with Crippen LogP contribution in [0.5, 0.6) is 11.5 Å². The van der Waals surface area contributed by atoms with Gasteiger partial charge in [-0.05, 0) is 75.1 Å². The van der Waals surface area contributed by atoms with E-state index in [1.807, 2.05) is 0 Å². The van der Waals surface area contributed by atoms with E-state index < -0.39 is 12.1 Å². The predicted octanol–water partition coefficient (Wildman–Crippen LogP) is 4.75. The summed E-state index contributed by atoms with van der Waals surface area (Å²) < 4.78 is 20.5. The van der Waals surface area contributed by atoms with E-state index in [0.717, 1.165) is 31.8 Å². The summed E-state index contributed by atoms with van der Waals surface area (Å²) >= 11 is 0. The lowest BCUT2D eigenvalue weighted by molar-refractivity contribution is -0.140. The lowest BCUT2D eigenvalue weighted by Gasteiger charge is -2.24.